The quantitative estimate of drug-likeness (QED) is 0.0754. The molecule has 0 radical (unpaired) electrons. The molecule has 0 bridgehead atoms. The first-order chi connectivity index (χ1) is 18.3. The summed E-state index contributed by atoms with van der Waals surface area (Å²) >= 11 is 0. The number of hydrogen-bond acceptors (Lipinski definition) is 0. The van der Waals surface area contributed by atoms with Crippen molar-refractivity contribution in [3.05, 3.63) is 0 Å². The Morgan fingerprint density at radius 2 is 0.432 bits per heavy atom. The largest absolute Gasteiger partial charge is 0.0654 e. The zero-order valence-electron chi connectivity index (χ0n) is 26.9. The number of rotatable bonds is 33. The Morgan fingerprint density at radius 3 is 0.622 bits per heavy atom. The van der Waals surface area contributed by atoms with Crippen LogP contribution in [0.2, 0.25) is 0 Å². The highest BCUT2D eigenvalue weighted by atomic mass is 14.1. The second kappa shape index (κ2) is 34.0. The van der Waals surface area contributed by atoms with E-state index in [0.717, 1.165) is 5.92 Å². The fraction of sp³-hybridized carbons (Fsp3) is 1.00. The van der Waals surface area contributed by atoms with Gasteiger partial charge in [-0.15, -0.1) is 0 Å². The molecule has 0 fully saturated rings. The van der Waals surface area contributed by atoms with Gasteiger partial charge in [0.05, 0.1) is 0 Å². The normalized spacial score (nSPS) is 12.4. The molecule has 0 aliphatic heterocycles. The van der Waals surface area contributed by atoms with E-state index in [-0.39, 0.29) is 0 Å². The minimum atomic E-state index is 1.02. The second-order valence-electron chi connectivity index (χ2n) is 12.8. The van der Waals surface area contributed by atoms with Crippen molar-refractivity contribution >= 4 is 0 Å². The van der Waals surface area contributed by atoms with E-state index in [2.05, 4.69) is 20.8 Å². The third-order valence-electron chi connectivity index (χ3n) is 9.01. The van der Waals surface area contributed by atoms with Crippen LogP contribution < -0.4 is 0 Å². The van der Waals surface area contributed by atoms with Crippen LogP contribution >= 0.6 is 0 Å². The van der Waals surface area contributed by atoms with Crippen molar-refractivity contribution in [2.45, 2.75) is 233 Å². The van der Waals surface area contributed by atoms with Crippen molar-refractivity contribution in [2.24, 2.45) is 5.92 Å². The van der Waals surface area contributed by atoms with E-state index in [1.807, 2.05) is 0 Å². The fourth-order valence-corrected chi connectivity index (χ4v) is 6.16. The summed E-state index contributed by atoms with van der Waals surface area (Å²) in [5, 5.41) is 0. The van der Waals surface area contributed by atoms with Crippen molar-refractivity contribution in [3.63, 3.8) is 0 Å². The second-order valence-corrected chi connectivity index (χ2v) is 12.8. The maximum atomic E-state index is 2.42. The van der Waals surface area contributed by atoms with Crippen LogP contribution in [0.1, 0.15) is 233 Å². The molecule has 0 nitrogen and oxygen atoms in total. The van der Waals surface area contributed by atoms with Crippen molar-refractivity contribution in [2.75, 3.05) is 0 Å². The Morgan fingerprint density at radius 1 is 0.243 bits per heavy atom. The van der Waals surface area contributed by atoms with Crippen LogP contribution in [0.4, 0.5) is 0 Å². The summed E-state index contributed by atoms with van der Waals surface area (Å²) in [6.07, 6.45) is 48.8. The molecular weight excluding hydrogens is 444 g/mol. The molecule has 0 rings (SSSR count). The minimum absolute atomic E-state index is 1.02. The summed E-state index contributed by atoms with van der Waals surface area (Å²) in [6, 6.07) is 0. The van der Waals surface area contributed by atoms with Gasteiger partial charge in [0.2, 0.25) is 0 Å². The molecule has 0 saturated heterocycles. The van der Waals surface area contributed by atoms with Crippen molar-refractivity contribution in [1.29, 1.82) is 0 Å². The predicted molar refractivity (Wildman–Crippen MR) is 173 cm³/mol. The van der Waals surface area contributed by atoms with Gasteiger partial charge in [-0.1, -0.05) is 233 Å². The third-order valence-corrected chi connectivity index (χ3v) is 9.01. The zero-order valence-corrected chi connectivity index (χ0v) is 26.9. The Balaban J connectivity index is 3.18. The van der Waals surface area contributed by atoms with E-state index < -0.39 is 0 Å². The number of hydrogen-bond donors (Lipinski definition) is 0. The summed E-state index contributed by atoms with van der Waals surface area (Å²) in [7, 11) is 0. The van der Waals surface area contributed by atoms with E-state index in [9.17, 15) is 0 Å². The highest BCUT2D eigenvalue weighted by Gasteiger charge is 2.06. The van der Waals surface area contributed by atoms with E-state index in [4.69, 9.17) is 0 Å². The van der Waals surface area contributed by atoms with Gasteiger partial charge in [0.25, 0.3) is 0 Å². The van der Waals surface area contributed by atoms with Gasteiger partial charge in [-0.05, 0) is 5.92 Å². The SMILES string of the molecule is CCCCCCCCCCCCCCCCCCCCCCCCCC(CC)CCCCCCCCC. The molecule has 0 aliphatic rings. The van der Waals surface area contributed by atoms with Crippen LogP contribution in [0.25, 0.3) is 0 Å². The zero-order chi connectivity index (χ0) is 26.9. The summed E-state index contributed by atoms with van der Waals surface area (Å²) in [4.78, 5) is 0. The van der Waals surface area contributed by atoms with Crippen molar-refractivity contribution < 1.29 is 0 Å². The highest BCUT2D eigenvalue weighted by molar-refractivity contribution is 4.59. The Hall–Kier alpha value is 0. The lowest BCUT2D eigenvalue weighted by Crippen LogP contribution is -1.99. The highest BCUT2D eigenvalue weighted by Crippen LogP contribution is 2.22. The van der Waals surface area contributed by atoms with Crippen LogP contribution in [-0.2, 0) is 0 Å². The molecular formula is C37H76. The van der Waals surface area contributed by atoms with Crippen LogP contribution in [0.15, 0.2) is 0 Å². The average molecular weight is 521 g/mol. The first-order valence-corrected chi connectivity index (χ1v) is 18.3. The molecule has 37 heavy (non-hydrogen) atoms. The van der Waals surface area contributed by atoms with Gasteiger partial charge in [0, 0.05) is 0 Å². The van der Waals surface area contributed by atoms with E-state index in [1.165, 1.54) is 212 Å². The summed E-state index contributed by atoms with van der Waals surface area (Å²) in [6.45, 7) is 7.04. The Bertz CT molecular complexity index is 372. The lowest BCUT2D eigenvalue weighted by atomic mass is 9.92. The summed E-state index contributed by atoms with van der Waals surface area (Å²) in [5.74, 6) is 1.02. The number of unbranched alkanes of at least 4 members (excludes halogenated alkanes) is 28. The molecule has 0 aromatic heterocycles. The summed E-state index contributed by atoms with van der Waals surface area (Å²) in [5.41, 5.74) is 0. The molecule has 0 heteroatoms. The van der Waals surface area contributed by atoms with Gasteiger partial charge in [-0.3, -0.25) is 0 Å². The minimum Gasteiger partial charge on any atom is -0.0654 e. The monoisotopic (exact) mass is 521 g/mol. The Kier molecular flexibility index (Phi) is 34.0. The van der Waals surface area contributed by atoms with Gasteiger partial charge in [-0.25, -0.2) is 0 Å². The van der Waals surface area contributed by atoms with Crippen LogP contribution in [0.3, 0.4) is 0 Å². The molecule has 1 unspecified atom stereocenters. The molecule has 0 spiro atoms. The molecule has 0 heterocycles. The molecule has 0 aromatic carbocycles. The lowest BCUT2D eigenvalue weighted by Gasteiger charge is -2.14. The van der Waals surface area contributed by atoms with Crippen molar-refractivity contribution in [1.82, 2.24) is 0 Å². The van der Waals surface area contributed by atoms with E-state index in [0.29, 0.717) is 0 Å². The maximum absolute atomic E-state index is 2.42. The van der Waals surface area contributed by atoms with Gasteiger partial charge in [0.1, 0.15) is 0 Å². The van der Waals surface area contributed by atoms with Gasteiger partial charge in [-0.2, -0.15) is 0 Å². The van der Waals surface area contributed by atoms with E-state index >= 15 is 0 Å². The first kappa shape index (κ1) is 37.0. The van der Waals surface area contributed by atoms with Crippen LogP contribution in [-0.4, -0.2) is 0 Å². The topological polar surface area (TPSA) is 0 Å². The summed E-state index contributed by atoms with van der Waals surface area (Å²) < 4.78 is 0. The third kappa shape index (κ3) is 32.1. The first-order valence-electron chi connectivity index (χ1n) is 18.3. The van der Waals surface area contributed by atoms with Gasteiger partial charge < -0.3 is 0 Å². The van der Waals surface area contributed by atoms with Gasteiger partial charge in [0.15, 0.2) is 0 Å². The van der Waals surface area contributed by atoms with Crippen LogP contribution in [0.5, 0.6) is 0 Å². The predicted octanol–water partition coefficient (Wildman–Crippen LogP) is 14.5. The average Bonchev–Trinajstić information content (AvgIpc) is 2.91. The molecule has 0 aromatic rings. The lowest BCUT2D eigenvalue weighted by molar-refractivity contribution is 0.392. The molecule has 0 saturated carbocycles. The van der Waals surface area contributed by atoms with Crippen molar-refractivity contribution in [3.8, 4) is 0 Å². The molecule has 224 valence electrons. The fourth-order valence-electron chi connectivity index (χ4n) is 6.16. The smallest absolute Gasteiger partial charge is 0.0417 e. The van der Waals surface area contributed by atoms with Crippen LogP contribution in [0, 0.1) is 5.92 Å². The Labute approximate surface area is 238 Å². The molecule has 0 aliphatic carbocycles. The standard InChI is InChI=1S/C37H76/c1-4-7-9-11-13-14-15-16-17-18-19-20-21-22-23-24-25-26-27-28-30-32-34-36-37(6-3)35-33-31-29-12-10-8-5-2/h37H,4-36H2,1-3H3. The molecule has 1 atom stereocenters. The molecule has 0 amide bonds. The van der Waals surface area contributed by atoms with Gasteiger partial charge >= 0.3 is 0 Å². The van der Waals surface area contributed by atoms with E-state index in [1.54, 1.807) is 0 Å². The maximum Gasteiger partial charge on any atom is -0.0417 e. The molecule has 0 N–H and O–H groups in total.